The molecule has 2 unspecified atom stereocenters. The Kier molecular flexibility index (Phi) is 3.80. The Balaban J connectivity index is 2.80. The van der Waals surface area contributed by atoms with Gasteiger partial charge in [0.25, 0.3) is 0 Å². The summed E-state index contributed by atoms with van der Waals surface area (Å²) in [7, 11) is 1.08. The molecule has 0 amide bonds. The van der Waals surface area contributed by atoms with Gasteiger partial charge in [-0.1, -0.05) is 29.8 Å². The molecule has 1 N–H and O–H groups in total. The van der Waals surface area contributed by atoms with E-state index in [-0.39, 0.29) is 0 Å². The Labute approximate surface area is 87.5 Å². The van der Waals surface area contributed by atoms with Gasteiger partial charge in [-0.05, 0) is 12.5 Å². The SMILES string of the molecule is COC(=O)C(F)C(O)c1ccc(C)cc1. The van der Waals surface area contributed by atoms with Crippen molar-refractivity contribution >= 4 is 5.97 Å². The fourth-order valence-electron chi connectivity index (χ4n) is 1.17. The average molecular weight is 212 g/mol. The van der Waals surface area contributed by atoms with Crippen LogP contribution in [0.4, 0.5) is 4.39 Å². The molecule has 0 heterocycles. The molecule has 2 atom stereocenters. The Morgan fingerprint density at radius 3 is 2.40 bits per heavy atom. The first-order valence-corrected chi connectivity index (χ1v) is 4.52. The van der Waals surface area contributed by atoms with E-state index < -0.39 is 18.2 Å². The molecule has 0 spiro atoms. The molecule has 0 aliphatic rings. The molecular formula is C11H13FO3. The molecular weight excluding hydrogens is 199 g/mol. The smallest absolute Gasteiger partial charge is 0.343 e. The third kappa shape index (κ3) is 2.76. The van der Waals surface area contributed by atoms with Crippen molar-refractivity contribution in [2.24, 2.45) is 0 Å². The van der Waals surface area contributed by atoms with Gasteiger partial charge in [0.05, 0.1) is 7.11 Å². The highest BCUT2D eigenvalue weighted by Gasteiger charge is 2.28. The van der Waals surface area contributed by atoms with Crippen molar-refractivity contribution in [2.45, 2.75) is 19.2 Å². The van der Waals surface area contributed by atoms with E-state index in [2.05, 4.69) is 4.74 Å². The maximum Gasteiger partial charge on any atom is 0.343 e. The summed E-state index contributed by atoms with van der Waals surface area (Å²) in [5, 5.41) is 9.51. The molecule has 0 saturated heterocycles. The molecule has 15 heavy (non-hydrogen) atoms. The number of carbonyl (C=O) groups is 1. The lowest BCUT2D eigenvalue weighted by Crippen LogP contribution is -2.24. The molecule has 3 nitrogen and oxygen atoms in total. The van der Waals surface area contributed by atoms with E-state index in [0.29, 0.717) is 5.56 Å². The van der Waals surface area contributed by atoms with Crippen LogP contribution in [0.25, 0.3) is 0 Å². The molecule has 0 radical (unpaired) electrons. The lowest BCUT2D eigenvalue weighted by atomic mass is 10.0. The van der Waals surface area contributed by atoms with E-state index in [1.54, 1.807) is 24.3 Å². The molecule has 4 heteroatoms. The molecule has 0 bridgehead atoms. The molecule has 82 valence electrons. The van der Waals surface area contributed by atoms with Crippen LogP contribution in [0.5, 0.6) is 0 Å². The highest BCUT2D eigenvalue weighted by atomic mass is 19.1. The molecule has 1 aromatic rings. The van der Waals surface area contributed by atoms with Crippen molar-refractivity contribution in [2.75, 3.05) is 7.11 Å². The van der Waals surface area contributed by atoms with Gasteiger partial charge in [0.15, 0.2) is 0 Å². The second kappa shape index (κ2) is 4.89. The van der Waals surface area contributed by atoms with Gasteiger partial charge in [0.2, 0.25) is 6.17 Å². The maximum atomic E-state index is 13.3. The Hall–Kier alpha value is -1.42. The van der Waals surface area contributed by atoms with E-state index in [9.17, 15) is 14.3 Å². The molecule has 0 aliphatic heterocycles. The summed E-state index contributed by atoms with van der Waals surface area (Å²) in [4.78, 5) is 10.8. The fourth-order valence-corrected chi connectivity index (χ4v) is 1.17. The maximum absolute atomic E-state index is 13.3. The van der Waals surface area contributed by atoms with Crippen LogP contribution in [0.2, 0.25) is 0 Å². The zero-order valence-corrected chi connectivity index (χ0v) is 8.61. The van der Waals surface area contributed by atoms with Crippen LogP contribution < -0.4 is 0 Å². The number of rotatable bonds is 3. The monoisotopic (exact) mass is 212 g/mol. The minimum Gasteiger partial charge on any atom is -0.467 e. The predicted molar refractivity (Wildman–Crippen MR) is 53.1 cm³/mol. The summed E-state index contributed by atoms with van der Waals surface area (Å²) in [6.45, 7) is 1.88. The van der Waals surface area contributed by atoms with Crippen LogP contribution in [0, 0.1) is 6.92 Å². The van der Waals surface area contributed by atoms with Crippen molar-refractivity contribution in [1.82, 2.24) is 0 Å². The van der Waals surface area contributed by atoms with Gasteiger partial charge in [-0.25, -0.2) is 9.18 Å². The normalized spacial score (nSPS) is 14.4. The number of hydrogen-bond acceptors (Lipinski definition) is 3. The van der Waals surface area contributed by atoms with Gasteiger partial charge in [-0.3, -0.25) is 0 Å². The fraction of sp³-hybridized carbons (Fsp3) is 0.364. The average Bonchev–Trinajstić information content (AvgIpc) is 2.27. The largest absolute Gasteiger partial charge is 0.467 e. The van der Waals surface area contributed by atoms with Gasteiger partial charge >= 0.3 is 5.97 Å². The second-order valence-corrected chi connectivity index (χ2v) is 3.28. The molecule has 0 aliphatic carbocycles. The van der Waals surface area contributed by atoms with Gasteiger partial charge in [-0.2, -0.15) is 0 Å². The number of alkyl halides is 1. The number of aliphatic hydroxyl groups is 1. The summed E-state index contributed by atoms with van der Waals surface area (Å²) in [5.41, 5.74) is 1.36. The zero-order valence-electron chi connectivity index (χ0n) is 8.61. The van der Waals surface area contributed by atoms with Crippen molar-refractivity contribution in [3.05, 3.63) is 35.4 Å². The van der Waals surface area contributed by atoms with Gasteiger partial charge < -0.3 is 9.84 Å². The first kappa shape index (κ1) is 11.7. The van der Waals surface area contributed by atoms with Gasteiger partial charge in [0.1, 0.15) is 6.10 Å². The number of hydrogen-bond donors (Lipinski definition) is 1. The third-order valence-corrected chi connectivity index (χ3v) is 2.12. The van der Waals surface area contributed by atoms with Crippen molar-refractivity contribution in [3.8, 4) is 0 Å². The number of esters is 1. The predicted octanol–water partition coefficient (Wildman–Crippen LogP) is 1.54. The van der Waals surface area contributed by atoms with Gasteiger partial charge in [-0.15, -0.1) is 0 Å². The van der Waals surface area contributed by atoms with Crippen LogP contribution in [-0.2, 0) is 9.53 Å². The molecule has 1 rings (SSSR count). The quantitative estimate of drug-likeness (QED) is 0.773. The van der Waals surface area contributed by atoms with Crippen molar-refractivity contribution in [3.63, 3.8) is 0 Å². The first-order valence-electron chi connectivity index (χ1n) is 4.52. The number of ether oxygens (including phenoxy) is 1. The molecule has 1 aromatic carbocycles. The van der Waals surface area contributed by atoms with E-state index in [4.69, 9.17) is 0 Å². The first-order chi connectivity index (χ1) is 7.06. The van der Waals surface area contributed by atoms with E-state index in [1.165, 1.54) is 0 Å². The number of aliphatic hydroxyl groups excluding tert-OH is 1. The summed E-state index contributed by atoms with van der Waals surface area (Å²) >= 11 is 0. The van der Waals surface area contributed by atoms with Crippen LogP contribution in [0.1, 0.15) is 17.2 Å². The van der Waals surface area contributed by atoms with Crippen molar-refractivity contribution < 1.29 is 19.0 Å². The number of benzene rings is 1. The van der Waals surface area contributed by atoms with Crippen molar-refractivity contribution in [1.29, 1.82) is 0 Å². The second-order valence-electron chi connectivity index (χ2n) is 3.28. The van der Waals surface area contributed by atoms with E-state index in [0.717, 1.165) is 12.7 Å². The number of methoxy groups -OCH3 is 1. The molecule has 0 saturated carbocycles. The standard InChI is InChI=1S/C11H13FO3/c1-7-3-5-8(6-4-7)10(13)9(12)11(14)15-2/h3-6,9-10,13H,1-2H3. The van der Waals surface area contributed by atoms with E-state index >= 15 is 0 Å². The van der Waals surface area contributed by atoms with Gasteiger partial charge in [0, 0.05) is 0 Å². The summed E-state index contributed by atoms with van der Waals surface area (Å²) < 4.78 is 17.5. The lowest BCUT2D eigenvalue weighted by molar-refractivity contribution is -0.151. The van der Waals surface area contributed by atoms with Crippen LogP contribution >= 0.6 is 0 Å². The topological polar surface area (TPSA) is 46.5 Å². The van der Waals surface area contributed by atoms with Crippen LogP contribution in [0.15, 0.2) is 24.3 Å². The highest BCUT2D eigenvalue weighted by Crippen LogP contribution is 2.20. The minimum absolute atomic E-state index is 0.360. The summed E-state index contributed by atoms with van der Waals surface area (Å²) in [6.07, 6.45) is -3.52. The number of aryl methyl sites for hydroxylation is 1. The number of carbonyl (C=O) groups excluding carboxylic acids is 1. The molecule has 0 aromatic heterocycles. The lowest BCUT2D eigenvalue weighted by Gasteiger charge is -2.14. The number of halogens is 1. The van der Waals surface area contributed by atoms with Crippen LogP contribution in [-0.4, -0.2) is 24.4 Å². The third-order valence-electron chi connectivity index (χ3n) is 2.12. The summed E-state index contributed by atoms with van der Waals surface area (Å²) in [6, 6.07) is 6.64. The molecule has 0 fully saturated rings. The Morgan fingerprint density at radius 2 is 1.93 bits per heavy atom. The zero-order chi connectivity index (χ0) is 11.4. The van der Waals surface area contributed by atoms with E-state index in [1.807, 2.05) is 6.92 Å². The highest BCUT2D eigenvalue weighted by molar-refractivity contribution is 5.75. The summed E-state index contributed by atoms with van der Waals surface area (Å²) in [5.74, 6) is -1.07. The Morgan fingerprint density at radius 1 is 1.40 bits per heavy atom. The Bertz CT molecular complexity index is 334. The van der Waals surface area contributed by atoms with Crippen LogP contribution in [0.3, 0.4) is 0 Å². The minimum atomic E-state index is -2.04.